The van der Waals surface area contributed by atoms with E-state index in [1.807, 2.05) is 17.0 Å². The highest BCUT2D eigenvalue weighted by Crippen LogP contribution is 2.28. The molecule has 3 aromatic rings. The number of rotatable bonds is 2. The standard InChI is InChI=1S/C17H13F2N3O/c18-13-4-3-12-11(8-14(23)21-16(12)15(13)19)9-22-7-5-10-2-1-6-20-17(10)22/h1-4,6,8H,5,7,9H2,(H,21,23). The first kappa shape index (κ1) is 13.9. The second-order valence-corrected chi connectivity index (χ2v) is 5.60. The molecule has 6 heteroatoms. The predicted molar refractivity (Wildman–Crippen MR) is 83.5 cm³/mol. The quantitative estimate of drug-likeness (QED) is 0.791. The highest BCUT2D eigenvalue weighted by atomic mass is 19.2. The lowest BCUT2D eigenvalue weighted by molar-refractivity contribution is 0.515. The molecule has 0 amide bonds. The minimum atomic E-state index is -1.03. The van der Waals surface area contributed by atoms with Crippen molar-refractivity contribution in [2.75, 3.05) is 11.4 Å². The van der Waals surface area contributed by atoms with E-state index in [1.165, 1.54) is 12.1 Å². The molecule has 0 saturated carbocycles. The summed E-state index contributed by atoms with van der Waals surface area (Å²) in [5.74, 6) is -1.12. The van der Waals surface area contributed by atoms with Gasteiger partial charge in [-0.2, -0.15) is 0 Å². The Balaban J connectivity index is 1.81. The Labute approximate surface area is 130 Å². The molecule has 0 saturated heterocycles. The molecule has 23 heavy (non-hydrogen) atoms. The molecule has 0 atom stereocenters. The van der Waals surface area contributed by atoms with Crippen molar-refractivity contribution >= 4 is 16.7 Å². The van der Waals surface area contributed by atoms with Crippen LogP contribution in [0.4, 0.5) is 14.6 Å². The smallest absolute Gasteiger partial charge is 0.248 e. The fourth-order valence-electron chi connectivity index (χ4n) is 3.10. The molecule has 0 spiro atoms. The van der Waals surface area contributed by atoms with Gasteiger partial charge in [-0.1, -0.05) is 6.07 Å². The highest BCUT2D eigenvalue weighted by molar-refractivity contribution is 5.83. The molecular formula is C17H13F2N3O. The van der Waals surface area contributed by atoms with Gasteiger partial charge >= 0.3 is 0 Å². The van der Waals surface area contributed by atoms with Crippen LogP contribution in [0.3, 0.4) is 0 Å². The lowest BCUT2D eigenvalue weighted by atomic mass is 10.1. The van der Waals surface area contributed by atoms with Crippen LogP contribution in [0.2, 0.25) is 0 Å². The van der Waals surface area contributed by atoms with Crippen LogP contribution in [0.25, 0.3) is 10.9 Å². The molecule has 1 aliphatic rings. The zero-order valence-corrected chi connectivity index (χ0v) is 12.1. The maximum absolute atomic E-state index is 13.9. The van der Waals surface area contributed by atoms with Gasteiger partial charge in [-0.05, 0) is 35.7 Å². The zero-order valence-electron chi connectivity index (χ0n) is 12.1. The van der Waals surface area contributed by atoms with E-state index in [2.05, 4.69) is 9.97 Å². The third kappa shape index (κ3) is 2.27. The van der Waals surface area contributed by atoms with Gasteiger partial charge in [0, 0.05) is 30.7 Å². The number of pyridine rings is 2. The molecule has 2 aromatic heterocycles. The third-order valence-corrected chi connectivity index (χ3v) is 4.17. The fraction of sp³-hybridized carbons (Fsp3) is 0.176. The molecule has 0 aliphatic carbocycles. The molecule has 1 aliphatic heterocycles. The largest absolute Gasteiger partial charge is 0.352 e. The molecular weight excluding hydrogens is 300 g/mol. The molecule has 1 N–H and O–H groups in total. The van der Waals surface area contributed by atoms with E-state index < -0.39 is 17.2 Å². The highest BCUT2D eigenvalue weighted by Gasteiger charge is 2.21. The van der Waals surface area contributed by atoms with Crippen molar-refractivity contribution in [3.05, 3.63) is 69.6 Å². The summed E-state index contributed by atoms with van der Waals surface area (Å²) in [6.45, 7) is 1.21. The van der Waals surface area contributed by atoms with Crippen LogP contribution in [0.5, 0.6) is 0 Å². The SMILES string of the molecule is O=c1cc(CN2CCc3cccnc32)c2ccc(F)c(F)c2[nH]1. The van der Waals surface area contributed by atoms with Crippen LogP contribution in [-0.4, -0.2) is 16.5 Å². The van der Waals surface area contributed by atoms with E-state index in [0.717, 1.165) is 30.4 Å². The van der Waals surface area contributed by atoms with Crippen molar-refractivity contribution in [2.45, 2.75) is 13.0 Å². The molecule has 0 bridgehead atoms. The molecule has 4 nitrogen and oxygen atoms in total. The average Bonchev–Trinajstić information content (AvgIpc) is 2.95. The molecule has 0 unspecified atom stereocenters. The summed E-state index contributed by atoms with van der Waals surface area (Å²) in [5.41, 5.74) is 1.27. The second kappa shape index (κ2) is 5.15. The van der Waals surface area contributed by atoms with E-state index in [-0.39, 0.29) is 5.52 Å². The van der Waals surface area contributed by atoms with Crippen LogP contribution >= 0.6 is 0 Å². The molecule has 4 rings (SSSR count). The van der Waals surface area contributed by atoms with Gasteiger partial charge < -0.3 is 9.88 Å². The first-order valence-electron chi connectivity index (χ1n) is 7.32. The summed E-state index contributed by atoms with van der Waals surface area (Å²) in [6, 6.07) is 7.92. The number of nitrogens with one attached hydrogen (secondary N) is 1. The Morgan fingerprint density at radius 2 is 2.13 bits per heavy atom. The Kier molecular flexibility index (Phi) is 3.11. The maximum atomic E-state index is 13.9. The van der Waals surface area contributed by atoms with Crippen molar-refractivity contribution in [1.29, 1.82) is 0 Å². The number of fused-ring (bicyclic) bond motifs is 2. The van der Waals surface area contributed by atoms with Crippen molar-refractivity contribution in [2.24, 2.45) is 0 Å². The van der Waals surface area contributed by atoms with Crippen LogP contribution in [0.1, 0.15) is 11.1 Å². The first-order chi connectivity index (χ1) is 11.1. The normalized spacial score (nSPS) is 13.6. The Morgan fingerprint density at radius 3 is 3.00 bits per heavy atom. The van der Waals surface area contributed by atoms with Crippen LogP contribution in [0.15, 0.2) is 41.3 Å². The molecule has 116 valence electrons. The van der Waals surface area contributed by atoms with Crippen molar-refractivity contribution in [3.63, 3.8) is 0 Å². The van der Waals surface area contributed by atoms with Gasteiger partial charge in [-0.25, -0.2) is 13.8 Å². The molecule has 0 fully saturated rings. The van der Waals surface area contributed by atoms with Crippen molar-refractivity contribution < 1.29 is 8.78 Å². The third-order valence-electron chi connectivity index (χ3n) is 4.17. The minimum Gasteiger partial charge on any atom is -0.352 e. The van der Waals surface area contributed by atoms with E-state index in [4.69, 9.17) is 0 Å². The molecule has 3 heterocycles. The van der Waals surface area contributed by atoms with Gasteiger partial charge in [0.05, 0.1) is 5.52 Å². The topological polar surface area (TPSA) is 49.0 Å². The monoisotopic (exact) mass is 313 g/mol. The van der Waals surface area contributed by atoms with Crippen LogP contribution in [-0.2, 0) is 13.0 Å². The Morgan fingerprint density at radius 1 is 1.26 bits per heavy atom. The van der Waals surface area contributed by atoms with E-state index in [9.17, 15) is 13.6 Å². The van der Waals surface area contributed by atoms with Gasteiger partial charge in [0.2, 0.25) is 5.56 Å². The lowest BCUT2D eigenvalue weighted by Gasteiger charge is -2.19. The number of nitrogens with zero attached hydrogens (tertiary/aromatic N) is 2. The van der Waals surface area contributed by atoms with E-state index in [1.54, 1.807) is 6.20 Å². The summed E-state index contributed by atoms with van der Waals surface area (Å²) >= 11 is 0. The predicted octanol–water partition coefficient (Wildman–Crippen LogP) is 2.76. The number of H-pyrrole nitrogens is 1. The summed E-state index contributed by atoms with van der Waals surface area (Å²) in [5, 5.41) is 0.507. The van der Waals surface area contributed by atoms with Crippen LogP contribution in [0, 0.1) is 11.6 Å². The van der Waals surface area contributed by atoms with Gasteiger partial charge in [0.25, 0.3) is 0 Å². The summed E-state index contributed by atoms with van der Waals surface area (Å²) in [4.78, 5) is 20.6. The number of halogens is 2. The zero-order chi connectivity index (χ0) is 16.0. The van der Waals surface area contributed by atoms with Gasteiger partial charge in [0.1, 0.15) is 5.82 Å². The van der Waals surface area contributed by atoms with Crippen LogP contribution < -0.4 is 10.5 Å². The molecule has 0 radical (unpaired) electrons. The Bertz CT molecular complexity index is 968. The summed E-state index contributed by atoms with van der Waals surface area (Å²) in [6.07, 6.45) is 2.61. The number of benzene rings is 1. The number of anilines is 1. The van der Waals surface area contributed by atoms with Gasteiger partial charge in [-0.3, -0.25) is 4.79 Å². The maximum Gasteiger partial charge on any atom is 0.248 e. The average molecular weight is 313 g/mol. The second-order valence-electron chi connectivity index (χ2n) is 5.60. The van der Waals surface area contributed by atoms with Crippen molar-refractivity contribution in [1.82, 2.24) is 9.97 Å². The lowest BCUT2D eigenvalue weighted by Crippen LogP contribution is -2.22. The van der Waals surface area contributed by atoms with Gasteiger partial charge in [0.15, 0.2) is 11.6 Å². The van der Waals surface area contributed by atoms with Crippen molar-refractivity contribution in [3.8, 4) is 0 Å². The number of aromatic nitrogens is 2. The Hall–Kier alpha value is -2.76. The first-order valence-corrected chi connectivity index (χ1v) is 7.32. The minimum absolute atomic E-state index is 0.0899. The molecule has 1 aromatic carbocycles. The fourth-order valence-corrected chi connectivity index (χ4v) is 3.10. The number of aromatic amines is 1. The summed E-state index contributed by atoms with van der Waals surface area (Å²) in [7, 11) is 0. The van der Waals surface area contributed by atoms with E-state index in [0.29, 0.717) is 17.5 Å². The van der Waals surface area contributed by atoms with E-state index >= 15 is 0 Å². The number of hydrogen-bond acceptors (Lipinski definition) is 3. The van der Waals surface area contributed by atoms with Gasteiger partial charge in [-0.15, -0.1) is 0 Å². The number of hydrogen-bond donors (Lipinski definition) is 1. The summed E-state index contributed by atoms with van der Waals surface area (Å²) < 4.78 is 27.3.